The molecule has 3 heteroatoms. The maximum absolute atomic E-state index is 7.98. The molecule has 0 fully saturated rings. The highest BCUT2D eigenvalue weighted by Crippen LogP contribution is 1.77. The van der Waals surface area contributed by atoms with E-state index in [-0.39, 0.29) is 19.0 Å². The van der Waals surface area contributed by atoms with Crippen LogP contribution in [0.3, 0.4) is 0 Å². The van der Waals surface area contributed by atoms with Crippen LogP contribution < -0.4 is 0 Å². The first-order valence-electron chi connectivity index (χ1n) is 1.58. The SMILES string of the molecule is Cl.OCCCCl. The number of hydrogen-bond donors (Lipinski definition) is 1. The molecule has 0 aromatic heterocycles. The highest BCUT2D eigenvalue weighted by atomic mass is 35.5. The molecule has 0 atom stereocenters. The average molecular weight is 131 g/mol. The number of rotatable bonds is 2. The van der Waals surface area contributed by atoms with Crippen molar-refractivity contribution in [3.05, 3.63) is 0 Å². The first-order chi connectivity index (χ1) is 2.41. The molecule has 0 aliphatic rings. The Kier molecular flexibility index (Phi) is 14.8. The first kappa shape index (κ1) is 9.74. The lowest BCUT2D eigenvalue weighted by Crippen LogP contribution is -1.79. The Morgan fingerprint density at radius 3 is 2.00 bits per heavy atom. The Labute approximate surface area is 48.7 Å². The molecule has 0 saturated heterocycles. The van der Waals surface area contributed by atoms with E-state index in [1.807, 2.05) is 0 Å². The summed E-state index contributed by atoms with van der Waals surface area (Å²) in [7, 11) is 0. The van der Waals surface area contributed by atoms with Crippen molar-refractivity contribution in [2.24, 2.45) is 0 Å². The molecule has 0 radical (unpaired) electrons. The Balaban J connectivity index is 0. The lowest BCUT2D eigenvalue weighted by Gasteiger charge is -1.77. The average Bonchev–Trinajstić information content (AvgIpc) is 1.41. The number of aliphatic hydroxyl groups is 1. The van der Waals surface area contributed by atoms with E-state index in [0.29, 0.717) is 12.3 Å². The van der Waals surface area contributed by atoms with Gasteiger partial charge in [0.2, 0.25) is 0 Å². The van der Waals surface area contributed by atoms with Crippen molar-refractivity contribution < 1.29 is 5.11 Å². The Bertz CT molecular complexity index is 16.3. The van der Waals surface area contributed by atoms with Gasteiger partial charge in [0, 0.05) is 12.5 Å². The van der Waals surface area contributed by atoms with Crippen molar-refractivity contribution in [3.8, 4) is 0 Å². The minimum Gasteiger partial charge on any atom is -0.396 e. The third kappa shape index (κ3) is 8.82. The normalized spacial score (nSPS) is 7.00. The maximum Gasteiger partial charge on any atom is 0.0442 e. The summed E-state index contributed by atoms with van der Waals surface area (Å²) in [6.07, 6.45) is 0.710. The molecule has 0 aromatic rings. The van der Waals surface area contributed by atoms with Gasteiger partial charge in [-0.2, -0.15) is 0 Å². The molecule has 6 heavy (non-hydrogen) atoms. The van der Waals surface area contributed by atoms with Crippen LogP contribution in [-0.2, 0) is 0 Å². The second-order valence-electron chi connectivity index (χ2n) is 0.766. The van der Waals surface area contributed by atoms with Gasteiger partial charge in [0.05, 0.1) is 0 Å². The van der Waals surface area contributed by atoms with E-state index < -0.39 is 0 Å². The molecule has 0 rings (SSSR count). The summed E-state index contributed by atoms with van der Waals surface area (Å²) < 4.78 is 0. The Hall–Kier alpha value is 0.540. The molecule has 0 aromatic carbocycles. The molecule has 0 saturated carbocycles. The third-order valence-electron chi connectivity index (χ3n) is 0.292. The van der Waals surface area contributed by atoms with Crippen molar-refractivity contribution in [1.29, 1.82) is 0 Å². The largest absolute Gasteiger partial charge is 0.396 e. The van der Waals surface area contributed by atoms with Gasteiger partial charge in [-0.1, -0.05) is 0 Å². The summed E-state index contributed by atoms with van der Waals surface area (Å²) in [6, 6.07) is 0. The fourth-order valence-corrected chi connectivity index (χ4v) is 0.179. The minimum absolute atomic E-state index is 0. The first-order valence-corrected chi connectivity index (χ1v) is 2.12. The fraction of sp³-hybridized carbons (Fsp3) is 1.00. The number of aliphatic hydroxyl groups excluding tert-OH is 1. The summed E-state index contributed by atoms with van der Waals surface area (Å²) in [4.78, 5) is 0. The zero-order valence-electron chi connectivity index (χ0n) is 3.35. The standard InChI is InChI=1S/C3H7ClO.ClH/c4-2-1-3-5;/h5H,1-3H2;1H. The number of hydrogen-bond acceptors (Lipinski definition) is 1. The summed E-state index contributed by atoms with van der Waals surface area (Å²) in [6.45, 7) is 0.212. The quantitative estimate of drug-likeness (QED) is 0.555. The van der Waals surface area contributed by atoms with Crippen LogP contribution in [0.1, 0.15) is 6.42 Å². The third-order valence-corrected chi connectivity index (χ3v) is 0.559. The van der Waals surface area contributed by atoms with Gasteiger partial charge < -0.3 is 5.11 Å². The molecule has 0 spiro atoms. The predicted octanol–water partition coefficient (Wildman–Crippen LogP) is 1.03. The molecule has 0 aliphatic heterocycles. The van der Waals surface area contributed by atoms with E-state index in [4.69, 9.17) is 16.7 Å². The summed E-state index contributed by atoms with van der Waals surface area (Å²) in [5.41, 5.74) is 0. The smallest absolute Gasteiger partial charge is 0.0442 e. The van der Waals surface area contributed by atoms with Crippen LogP contribution in [0.5, 0.6) is 0 Å². The lowest BCUT2D eigenvalue weighted by atomic mass is 10.5. The van der Waals surface area contributed by atoms with Crippen LogP contribution in [0.25, 0.3) is 0 Å². The van der Waals surface area contributed by atoms with Gasteiger partial charge in [-0.3, -0.25) is 0 Å². The molecule has 1 N–H and O–H groups in total. The van der Waals surface area contributed by atoms with Gasteiger partial charge in [0.15, 0.2) is 0 Å². The van der Waals surface area contributed by atoms with Gasteiger partial charge in [0.25, 0.3) is 0 Å². The second kappa shape index (κ2) is 9.11. The highest BCUT2D eigenvalue weighted by Gasteiger charge is 1.71. The van der Waals surface area contributed by atoms with E-state index >= 15 is 0 Å². The van der Waals surface area contributed by atoms with Crippen molar-refractivity contribution in [2.45, 2.75) is 6.42 Å². The van der Waals surface area contributed by atoms with Crippen LogP contribution in [0.15, 0.2) is 0 Å². The maximum atomic E-state index is 7.98. The Morgan fingerprint density at radius 2 is 2.00 bits per heavy atom. The van der Waals surface area contributed by atoms with Crippen LogP contribution in [0.4, 0.5) is 0 Å². The molecule has 0 bridgehead atoms. The summed E-state index contributed by atoms with van der Waals surface area (Å²) >= 11 is 5.14. The fourth-order valence-electron chi connectivity index (χ4n) is 0.0598. The monoisotopic (exact) mass is 130 g/mol. The van der Waals surface area contributed by atoms with E-state index in [9.17, 15) is 0 Å². The molecular formula is C3H8Cl2O. The molecule has 0 aliphatic carbocycles. The van der Waals surface area contributed by atoms with Gasteiger partial charge in [-0.05, 0) is 6.42 Å². The zero-order valence-corrected chi connectivity index (χ0v) is 4.93. The van der Waals surface area contributed by atoms with Gasteiger partial charge in [0.1, 0.15) is 0 Å². The topological polar surface area (TPSA) is 20.2 Å². The van der Waals surface area contributed by atoms with Crippen LogP contribution in [0, 0.1) is 0 Å². The molecular weight excluding hydrogens is 123 g/mol. The highest BCUT2D eigenvalue weighted by molar-refractivity contribution is 6.17. The molecule has 0 unspecified atom stereocenters. The zero-order chi connectivity index (χ0) is 4.12. The van der Waals surface area contributed by atoms with Gasteiger partial charge >= 0.3 is 0 Å². The van der Waals surface area contributed by atoms with Crippen LogP contribution in [0.2, 0.25) is 0 Å². The van der Waals surface area contributed by atoms with Crippen molar-refractivity contribution in [1.82, 2.24) is 0 Å². The van der Waals surface area contributed by atoms with E-state index in [2.05, 4.69) is 0 Å². The molecule has 0 heterocycles. The number of halogens is 2. The van der Waals surface area contributed by atoms with Crippen molar-refractivity contribution in [2.75, 3.05) is 12.5 Å². The molecule has 40 valence electrons. The predicted molar refractivity (Wildman–Crippen MR) is 29.7 cm³/mol. The van der Waals surface area contributed by atoms with Crippen LogP contribution >= 0.6 is 24.0 Å². The van der Waals surface area contributed by atoms with Crippen molar-refractivity contribution >= 4 is 24.0 Å². The van der Waals surface area contributed by atoms with Crippen molar-refractivity contribution in [3.63, 3.8) is 0 Å². The van der Waals surface area contributed by atoms with E-state index in [1.54, 1.807) is 0 Å². The van der Waals surface area contributed by atoms with E-state index in [0.717, 1.165) is 0 Å². The second-order valence-corrected chi connectivity index (χ2v) is 1.14. The minimum atomic E-state index is 0. The number of alkyl halides is 1. The molecule has 0 amide bonds. The van der Waals surface area contributed by atoms with Gasteiger partial charge in [-0.15, -0.1) is 24.0 Å². The Morgan fingerprint density at radius 1 is 1.50 bits per heavy atom. The summed E-state index contributed by atoms with van der Waals surface area (Å²) in [5, 5.41) is 7.98. The summed E-state index contributed by atoms with van der Waals surface area (Å²) in [5.74, 6) is 0.566. The van der Waals surface area contributed by atoms with Gasteiger partial charge in [-0.25, -0.2) is 0 Å². The lowest BCUT2D eigenvalue weighted by molar-refractivity contribution is 0.296. The van der Waals surface area contributed by atoms with Crippen LogP contribution in [-0.4, -0.2) is 17.6 Å². The molecule has 1 nitrogen and oxygen atoms in total. The van der Waals surface area contributed by atoms with E-state index in [1.165, 1.54) is 0 Å².